The van der Waals surface area contributed by atoms with Gasteiger partial charge in [-0.1, -0.05) is 28.1 Å². The largest absolute Gasteiger partial charge is 0.497 e. The normalized spacial score (nSPS) is 15.1. The zero-order valence-electron chi connectivity index (χ0n) is 17.8. The van der Waals surface area contributed by atoms with Crippen molar-refractivity contribution in [1.82, 2.24) is 5.01 Å². The number of nitrogens with zero attached hydrogens (tertiary/aromatic N) is 4. The fourth-order valence-electron chi connectivity index (χ4n) is 3.66. The number of non-ortho nitro benzene ring substituents is 2. The Labute approximate surface area is 201 Å². The van der Waals surface area contributed by atoms with Crippen LogP contribution in [0.2, 0.25) is 0 Å². The maximum Gasteiger partial charge on any atom is 0.277 e. The number of ether oxygens (including phenoxy) is 1. The van der Waals surface area contributed by atoms with Gasteiger partial charge in [0, 0.05) is 23.0 Å². The second-order valence-electron chi connectivity index (χ2n) is 7.45. The lowest BCUT2D eigenvalue weighted by molar-refractivity contribution is -0.394. The maximum absolute atomic E-state index is 13.5. The maximum atomic E-state index is 13.5. The van der Waals surface area contributed by atoms with Crippen LogP contribution >= 0.6 is 15.9 Å². The molecular formula is C23H17BrN4O6. The number of benzene rings is 3. The standard InChI is InChI=1S/C23H17BrN4O6/c1-34-20-8-4-14(5-9-20)21-13-22(15-2-6-17(24)7-3-15)26(25-21)23(29)16-10-18(27(30)31)12-19(11-16)28(32)33/h2-12,22H,13H2,1H3/t22-/m1/s1. The zero-order chi connectivity index (χ0) is 24.4. The van der Waals surface area contributed by atoms with Gasteiger partial charge < -0.3 is 4.74 Å². The Morgan fingerprint density at radius 1 is 1.00 bits per heavy atom. The number of hydrazone groups is 1. The van der Waals surface area contributed by atoms with Crippen molar-refractivity contribution < 1.29 is 19.4 Å². The van der Waals surface area contributed by atoms with Gasteiger partial charge in [-0.15, -0.1) is 0 Å². The first-order chi connectivity index (χ1) is 16.3. The summed E-state index contributed by atoms with van der Waals surface area (Å²) in [6.45, 7) is 0. The molecule has 1 atom stereocenters. The second-order valence-corrected chi connectivity index (χ2v) is 8.36. The smallest absolute Gasteiger partial charge is 0.277 e. The van der Waals surface area contributed by atoms with Gasteiger partial charge in [-0.3, -0.25) is 25.0 Å². The highest BCUT2D eigenvalue weighted by atomic mass is 79.9. The topological polar surface area (TPSA) is 128 Å². The van der Waals surface area contributed by atoms with Gasteiger partial charge in [0.2, 0.25) is 0 Å². The van der Waals surface area contributed by atoms with Crippen LogP contribution in [-0.2, 0) is 0 Å². The van der Waals surface area contributed by atoms with Crippen LogP contribution < -0.4 is 4.74 Å². The van der Waals surface area contributed by atoms with Crippen LogP contribution in [0.5, 0.6) is 5.75 Å². The SMILES string of the molecule is COc1ccc(C2=NN(C(=O)c3cc([N+](=O)[O-])cc([N+](=O)[O-])c3)[C@@H](c3ccc(Br)cc3)C2)cc1. The molecule has 172 valence electrons. The number of halogens is 1. The van der Waals surface area contributed by atoms with Gasteiger partial charge >= 0.3 is 0 Å². The molecular weight excluding hydrogens is 508 g/mol. The Kier molecular flexibility index (Phi) is 6.37. The Bertz CT molecular complexity index is 1280. The van der Waals surface area contributed by atoms with Crippen molar-refractivity contribution in [3.8, 4) is 5.75 Å². The summed E-state index contributed by atoms with van der Waals surface area (Å²) >= 11 is 3.39. The predicted octanol–water partition coefficient (Wildman–Crippen LogP) is 5.27. The molecule has 4 rings (SSSR count). The van der Waals surface area contributed by atoms with Crippen molar-refractivity contribution in [2.45, 2.75) is 12.5 Å². The number of amides is 1. The Morgan fingerprint density at radius 3 is 2.12 bits per heavy atom. The molecule has 1 aliphatic rings. The Morgan fingerprint density at radius 2 is 1.59 bits per heavy atom. The average molecular weight is 525 g/mol. The average Bonchev–Trinajstić information content (AvgIpc) is 3.29. The number of methoxy groups -OCH3 is 1. The van der Waals surface area contributed by atoms with Crippen LogP contribution in [0, 0.1) is 20.2 Å². The molecule has 1 amide bonds. The van der Waals surface area contributed by atoms with Crippen LogP contribution in [-0.4, -0.2) is 33.6 Å². The van der Waals surface area contributed by atoms with Gasteiger partial charge in [-0.05, 0) is 47.5 Å². The van der Waals surface area contributed by atoms with E-state index in [1.165, 1.54) is 5.01 Å². The number of hydrogen-bond acceptors (Lipinski definition) is 7. The number of hydrogen-bond donors (Lipinski definition) is 0. The Hall–Kier alpha value is -4.12. The molecule has 3 aromatic rings. The van der Waals surface area contributed by atoms with Crippen molar-refractivity contribution >= 4 is 38.9 Å². The molecule has 34 heavy (non-hydrogen) atoms. The molecule has 10 nitrogen and oxygen atoms in total. The number of nitro groups is 2. The quantitative estimate of drug-likeness (QED) is 0.319. The summed E-state index contributed by atoms with van der Waals surface area (Å²) < 4.78 is 6.05. The third-order valence-electron chi connectivity index (χ3n) is 5.37. The third-order valence-corrected chi connectivity index (χ3v) is 5.90. The molecule has 0 bridgehead atoms. The monoisotopic (exact) mass is 524 g/mol. The van der Waals surface area contributed by atoms with Crippen LogP contribution in [0.1, 0.15) is 33.9 Å². The molecule has 0 radical (unpaired) electrons. The first-order valence-corrected chi connectivity index (χ1v) is 10.8. The van der Waals surface area contributed by atoms with Crippen molar-refractivity contribution in [2.24, 2.45) is 5.10 Å². The fourth-order valence-corrected chi connectivity index (χ4v) is 3.93. The molecule has 0 aliphatic carbocycles. The minimum atomic E-state index is -0.772. The first-order valence-electron chi connectivity index (χ1n) is 10.0. The molecule has 0 fully saturated rings. The highest BCUT2D eigenvalue weighted by Gasteiger charge is 2.35. The lowest BCUT2D eigenvalue weighted by atomic mass is 9.98. The summed E-state index contributed by atoms with van der Waals surface area (Å²) in [7, 11) is 1.56. The molecule has 0 unspecified atom stereocenters. The molecule has 0 saturated heterocycles. The Balaban J connectivity index is 1.78. The number of nitro benzene ring substituents is 2. The minimum absolute atomic E-state index is 0.192. The lowest BCUT2D eigenvalue weighted by Crippen LogP contribution is -2.27. The first kappa shape index (κ1) is 23.1. The van der Waals surface area contributed by atoms with E-state index in [4.69, 9.17) is 4.74 Å². The van der Waals surface area contributed by atoms with E-state index < -0.39 is 33.2 Å². The summed E-state index contributed by atoms with van der Waals surface area (Å²) in [5.41, 5.74) is 0.922. The second kappa shape index (κ2) is 9.40. The van der Waals surface area contributed by atoms with Crippen LogP contribution in [0.25, 0.3) is 0 Å². The van der Waals surface area contributed by atoms with Crippen LogP contribution in [0.4, 0.5) is 11.4 Å². The summed E-state index contributed by atoms with van der Waals surface area (Å²) in [5.74, 6) is -0.00752. The van der Waals surface area contributed by atoms with Crippen molar-refractivity contribution in [2.75, 3.05) is 7.11 Å². The van der Waals surface area contributed by atoms with E-state index in [1.807, 2.05) is 36.4 Å². The van der Waals surface area contributed by atoms with Gasteiger partial charge in [0.1, 0.15) is 5.75 Å². The van der Waals surface area contributed by atoms with Crippen molar-refractivity contribution in [3.05, 3.63) is 108 Å². The molecule has 0 aromatic heterocycles. The van der Waals surface area contributed by atoms with Crippen LogP contribution in [0.15, 0.2) is 76.3 Å². The van der Waals surface area contributed by atoms with Gasteiger partial charge in [0.05, 0.1) is 40.3 Å². The van der Waals surface area contributed by atoms with E-state index >= 15 is 0 Å². The molecule has 1 aliphatic heterocycles. The number of rotatable bonds is 6. The van der Waals surface area contributed by atoms with E-state index in [1.54, 1.807) is 19.2 Å². The molecule has 11 heteroatoms. The molecule has 1 heterocycles. The summed E-state index contributed by atoms with van der Waals surface area (Å²) in [6.07, 6.45) is 0.386. The highest BCUT2D eigenvalue weighted by Crippen LogP contribution is 2.35. The van der Waals surface area contributed by atoms with E-state index in [-0.39, 0.29) is 5.56 Å². The van der Waals surface area contributed by atoms with E-state index in [0.29, 0.717) is 17.9 Å². The van der Waals surface area contributed by atoms with E-state index in [0.717, 1.165) is 33.8 Å². The van der Waals surface area contributed by atoms with Crippen LogP contribution in [0.3, 0.4) is 0 Å². The predicted molar refractivity (Wildman–Crippen MR) is 127 cm³/mol. The van der Waals surface area contributed by atoms with Gasteiger partial charge in [-0.2, -0.15) is 5.10 Å². The third kappa shape index (κ3) is 4.64. The fraction of sp³-hybridized carbons (Fsp3) is 0.130. The number of carbonyl (C=O) groups is 1. The molecule has 0 saturated carbocycles. The summed E-state index contributed by atoms with van der Waals surface area (Å²) in [4.78, 5) is 34.5. The van der Waals surface area contributed by atoms with E-state index in [9.17, 15) is 25.0 Å². The zero-order valence-corrected chi connectivity index (χ0v) is 19.3. The van der Waals surface area contributed by atoms with Gasteiger partial charge in [0.15, 0.2) is 0 Å². The van der Waals surface area contributed by atoms with E-state index in [2.05, 4.69) is 21.0 Å². The highest BCUT2D eigenvalue weighted by molar-refractivity contribution is 9.10. The molecule has 3 aromatic carbocycles. The van der Waals surface area contributed by atoms with Crippen molar-refractivity contribution in [3.63, 3.8) is 0 Å². The summed E-state index contributed by atoms with van der Waals surface area (Å²) in [6, 6.07) is 16.9. The molecule has 0 N–H and O–H groups in total. The minimum Gasteiger partial charge on any atom is -0.497 e. The number of carbonyl (C=O) groups excluding carboxylic acids is 1. The van der Waals surface area contributed by atoms with Gasteiger partial charge in [-0.25, -0.2) is 5.01 Å². The van der Waals surface area contributed by atoms with Gasteiger partial charge in [0.25, 0.3) is 17.3 Å². The lowest BCUT2D eigenvalue weighted by Gasteiger charge is -2.22. The molecule has 0 spiro atoms. The summed E-state index contributed by atoms with van der Waals surface area (Å²) in [5, 5.41) is 28.3. The van der Waals surface area contributed by atoms with Crippen molar-refractivity contribution in [1.29, 1.82) is 0 Å².